The number of rotatable bonds is 18. The van der Waals surface area contributed by atoms with E-state index in [1.807, 2.05) is 0 Å². The van der Waals surface area contributed by atoms with Gasteiger partial charge in [-0.05, 0) is 12.8 Å². The van der Waals surface area contributed by atoms with Crippen molar-refractivity contribution in [1.29, 1.82) is 0 Å². The van der Waals surface area contributed by atoms with Crippen molar-refractivity contribution < 1.29 is 28.7 Å². The zero-order valence-corrected chi connectivity index (χ0v) is 21.3. The van der Waals surface area contributed by atoms with Crippen LogP contribution in [-0.4, -0.2) is 58.7 Å². The van der Waals surface area contributed by atoms with Crippen LogP contribution in [0.3, 0.4) is 0 Å². The number of thiol groups is 2. The molecule has 32 heavy (non-hydrogen) atoms. The van der Waals surface area contributed by atoms with Gasteiger partial charge in [0.05, 0.1) is 13.1 Å². The Bertz CT molecular complexity index is 515. The molecule has 0 unspecified atom stereocenters. The lowest BCUT2D eigenvalue weighted by Gasteiger charge is -2.19. The Balaban J connectivity index is 3.97. The molecule has 0 rings (SSSR count). The minimum absolute atomic E-state index is 0.0239. The zero-order chi connectivity index (χ0) is 24.2. The molecule has 0 aromatic rings. The summed E-state index contributed by atoms with van der Waals surface area (Å²) in [7, 11) is 0. The lowest BCUT2D eigenvalue weighted by atomic mass is 10.1. The number of esters is 2. The van der Waals surface area contributed by atoms with Gasteiger partial charge in [-0.1, -0.05) is 90.8 Å². The number of hydrogen-bond acceptors (Lipinski definition) is 8. The molecule has 0 aliphatic heterocycles. The van der Waals surface area contributed by atoms with Crippen LogP contribution >= 0.6 is 25.6 Å². The number of hydrogen-bond donors (Lipinski definition) is 2. The highest BCUT2D eigenvalue weighted by Crippen LogP contribution is 2.08. The van der Waals surface area contributed by atoms with E-state index in [0.29, 0.717) is 12.8 Å². The molecule has 0 saturated carbocycles. The van der Waals surface area contributed by atoms with Crippen molar-refractivity contribution in [2.24, 2.45) is 0 Å². The van der Waals surface area contributed by atoms with Crippen molar-refractivity contribution in [1.82, 2.24) is 8.61 Å². The van der Waals surface area contributed by atoms with Gasteiger partial charge in [-0.25, -0.2) is 0 Å². The first-order valence-corrected chi connectivity index (χ1v) is 12.5. The second-order valence-corrected chi connectivity index (χ2v) is 8.59. The zero-order valence-electron chi connectivity index (χ0n) is 19.6. The molecule has 10 heteroatoms. The first-order chi connectivity index (χ1) is 15.3. The van der Waals surface area contributed by atoms with Crippen LogP contribution in [0.5, 0.6) is 0 Å². The molecular weight excluding hydrogens is 452 g/mol. The quantitative estimate of drug-likeness (QED) is 0.129. The van der Waals surface area contributed by atoms with Crippen molar-refractivity contribution in [2.75, 3.05) is 26.3 Å². The maximum absolute atomic E-state index is 12.1. The van der Waals surface area contributed by atoms with Crippen LogP contribution in [0.1, 0.15) is 90.9 Å². The Morgan fingerprint density at radius 2 is 0.938 bits per heavy atom. The van der Waals surface area contributed by atoms with Gasteiger partial charge in [0.25, 0.3) is 0 Å². The van der Waals surface area contributed by atoms with Crippen LogP contribution in [0, 0.1) is 0 Å². The molecule has 0 N–H and O–H groups in total. The molecule has 0 saturated heterocycles. The van der Waals surface area contributed by atoms with Gasteiger partial charge in [-0.2, -0.15) is 0 Å². The molecule has 186 valence electrons. The van der Waals surface area contributed by atoms with Gasteiger partial charge in [-0.15, -0.1) is 0 Å². The van der Waals surface area contributed by atoms with Crippen molar-refractivity contribution in [3.8, 4) is 0 Å². The summed E-state index contributed by atoms with van der Waals surface area (Å²) >= 11 is 7.96. The summed E-state index contributed by atoms with van der Waals surface area (Å²) in [6, 6.07) is 0. The van der Waals surface area contributed by atoms with E-state index in [2.05, 4.69) is 39.5 Å². The second kappa shape index (κ2) is 20.2. The lowest BCUT2D eigenvalue weighted by Crippen LogP contribution is -2.40. The van der Waals surface area contributed by atoms with Gasteiger partial charge in [-0.3, -0.25) is 27.8 Å². The van der Waals surface area contributed by atoms with E-state index in [-0.39, 0.29) is 38.2 Å². The van der Waals surface area contributed by atoms with Crippen molar-refractivity contribution >= 4 is 49.4 Å². The molecule has 0 aliphatic rings. The van der Waals surface area contributed by atoms with E-state index in [0.717, 1.165) is 72.8 Å². The third-order valence-electron chi connectivity index (χ3n) is 4.75. The number of unbranched alkanes of at least 4 members (excludes halogenated alkanes) is 8. The van der Waals surface area contributed by atoms with Gasteiger partial charge in [0.1, 0.15) is 13.2 Å². The van der Waals surface area contributed by atoms with E-state index < -0.39 is 11.8 Å². The fraction of sp³-hybridized carbons (Fsp3) is 0.818. The number of ether oxygens (including phenoxy) is 2. The van der Waals surface area contributed by atoms with E-state index in [4.69, 9.17) is 9.47 Å². The van der Waals surface area contributed by atoms with Crippen LogP contribution < -0.4 is 0 Å². The fourth-order valence-electron chi connectivity index (χ4n) is 2.81. The number of carbonyl (C=O) groups is 4. The average Bonchev–Trinajstić information content (AvgIpc) is 2.77. The van der Waals surface area contributed by atoms with E-state index in [1.54, 1.807) is 0 Å². The van der Waals surface area contributed by atoms with E-state index >= 15 is 0 Å². The molecule has 0 spiro atoms. The van der Waals surface area contributed by atoms with Crippen LogP contribution in [0.15, 0.2) is 0 Å². The Kier molecular flexibility index (Phi) is 19.3. The third-order valence-corrected chi connectivity index (χ3v) is 5.52. The smallest absolute Gasteiger partial charge is 0.322 e. The predicted molar refractivity (Wildman–Crippen MR) is 130 cm³/mol. The second-order valence-electron chi connectivity index (χ2n) is 7.63. The summed E-state index contributed by atoms with van der Waals surface area (Å²) < 4.78 is 11.9. The highest BCUT2D eigenvalue weighted by atomic mass is 32.1. The summed E-state index contributed by atoms with van der Waals surface area (Å²) in [6.45, 7) is 4.12. The summed E-state index contributed by atoms with van der Waals surface area (Å²) in [5.74, 6) is -2.46. The van der Waals surface area contributed by atoms with Crippen LogP contribution in [-0.2, 0) is 28.7 Å². The minimum Gasteiger partial charge on any atom is -0.464 e. The maximum Gasteiger partial charge on any atom is 0.322 e. The Morgan fingerprint density at radius 3 is 1.28 bits per heavy atom. The van der Waals surface area contributed by atoms with Gasteiger partial charge in [0.15, 0.2) is 0 Å². The standard InChI is InChI=1S/C22H40N2O6S2/c1-3-5-7-9-11-13-19(25)29-17-15-23(31)21(27)22(28)24(32)16-18-30-20(26)14-12-10-8-6-4-2/h31-32H,3-18H2,1-2H3. The number of carbonyl (C=O) groups excluding carboxylic acids is 4. The van der Waals surface area contributed by atoms with Gasteiger partial charge in [0, 0.05) is 12.8 Å². The molecule has 2 amide bonds. The molecule has 0 fully saturated rings. The van der Waals surface area contributed by atoms with Crippen molar-refractivity contribution in [2.45, 2.75) is 90.9 Å². The summed E-state index contributed by atoms with van der Waals surface area (Å²) in [5.41, 5.74) is 0. The van der Waals surface area contributed by atoms with Crippen LogP contribution in [0.2, 0.25) is 0 Å². The first kappa shape index (κ1) is 30.6. The number of nitrogens with zero attached hydrogens (tertiary/aromatic N) is 2. The van der Waals surface area contributed by atoms with Crippen LogP contribution in [0.4, 0.5) is 0 Å². The van der Waals surface area contributed by atoms with Gasteiger partial charge < -0.3 is 9.47 Å². The average molecular weight is 493 g/mol. The monoisotopic (exact) mass is 492 g/mol. The van der Waals surface area contributed by atoms with Gasteiger partial charge >= 0.3 is 23.8 Å². The molecule has 8 nitrogen and oxygen atoms in total. The normalized spacial score (nSPS) is 10.5. The Morgan fingerprint density at radius 1 is 0.594 bits per heavy atom. The molecule has 0 bridgehead atoms. The highest BCUT2D eigenvalue weighted by molar-refractivity contribution is 7.79. The Hall–Kier alpha value is -1.42. The molecule has 0 aromatic heterocycles. The van der Waals surface area contributed by atoms with E-state index in [9.17, 15) is 19.2 Å². The fourth-order valence-corrected chi connectivity index (χ4v) is 3.14. The first-order valence-electron chi connectivity index (χ1n) is 11.7. The summed E-state index contributed by atoms with van der Waals surface area (Å²) in [5, 5.41) is 0. The summed E-state index contributed by atoms with van der Waals surface area (Å²) in [4.78, 5) is 47.6. The molecule has 0 atom stereocenters. The molecule has 0 aromatic carbocycles. The predicted octanol–water partition coefficient (Wildman–Crippen LogP) is 4.14. The van der Waals surface area contributed by atoms with Crippen LogP contribution in [0.25, 0.3) is 0 Å². The lowest BCUT2D eigenvalue weighted by molar-refractivity contribution is -0.149. The number of amides is 2. The maximum atomic E-state index is 12.1. The molecular formula is C22H40N2O6S2. The van der Waals surface area contributed by atoms with Crippen molar-refractivity contribution in [3.63, 3.8) is 0 Å². The summed E-state index contributed by atoms with van der Waals surface area (Å²) in [6.07, 6.45) is 11.0. The molecule has 0 heterocycles. The van der Waals surface area contributed by atoms with Gasteiger partial charge in [0.2, 0.25) is 0 Å². The van der Waals surface area contributed by atoms with E-state index in [1.165, 1.54) is 0 Å². The molecule has 0 aliphatic carbocycles. The third kappa shape index (κ3) is 16.2. The SMILES string of the molecule is CCCCCCCC(=O)OCCN(S)C(=O)C(=O)N(S)CCOC(=O)CCCCCCC. The largest absolute Gasteiger partial charge is 0.464 e. The molecule has 0 radical (unpaired) electrons. The topological polar surface area (TPSA) is 93.2 Å². The minimum atomic E-state index is -0.902. The van der Waals surface area contributed by atoms with Crippen molar-refractivity contribution in [3.05, 3.63) is 0 Å². The highest BCUT2D eigenvalue weighted by Gasteiger charge is 2.24. The Labute approximate surface area is 203 Å².